The summed E-state index contributed by atoms with van der Waals surface area (Å²) in [4.78, 5) is 12.6. The number of aromatic nitrogens is 1. The molecule has 0 aliphatic heterocycles. The Hall–Kier alpha value is -2.37. The van der Waals surface area contributed by atoms with E-state index in [4.69, 9.17) is 27.7 Å². The Kier molecular flexibility index (Phi) is 4.55. The summed E-state index contributed by atoms with van der Waals surface area (Å²) in [7, 11) is 0. The van der Waals surface area contributed by atoms with Crippen LogP contribution in [0.25, 0.3) is 11.3 Å². The molecule has 0 saturated heterocycles. The summed E-state index contributed by atoms with van der Waals surface area (Å²) in [5.41, 5.74) is 1.05. The third-order valence-electron chi connectivity index (χ3n) is 3.40. The molecule has 7 heteroatoms. The number of benzene rings is 2. The molecule has 24 heavy (non-hydrogen) atoms. The standard InChI is InChI=1S/C17H11Cl2FN2O2/c1-9-15(16(22-24-9)11-4-2-3-5-12(11)19)17(23)21-14-7-6-10(18)8-13(14)20/h2-8H,1H3,(H,21,23). The maximum atomic E-state index is 13.9. The first-order valence-corrected chi connectivity index (χ1v) is 7.70. The predicted molar refractivity (Wildman–Crippen MR) is 91.0 cm³/mol. The molecule has 0 aliphatic carbocycles. The van der Waals surface area contributed by atoms with Crippen molar-refractivity contribution in [1.82, 2.24) is 5.16 Å². The summed E-state index contributed by atoms with van der Waals surface area (Å²) in [6, 6.07) is 10.9. The first-order valence-electron chi connectivity index (χ1n) is 6.95. The molecule has 1 amide bonds. The van der Waals surface area contributed by atoms with Crippen molar-refractivity contribution in [2.45, 2.75) is 6.92 Å². The second-order valence-electron chi connectivity index (χ2n) is 5.02. The van der Waals surface area contributed by atoms with Crippen LogP contribution in [0.4, 0.5) is 10.1 Å². The summed E-state index contributed by atoms with van der Waals surface area (Å²) >= 11 is 11.9. The molecule has 1 N–H and O–H groups in total. The van der Waals surface area contributed by atoms with Gasteiger partial charge in [-0.25, -0.2) is 4.39 Å². The summed E-state index contributed by atoms with van der Waals surface area (Å²) in [5.74, 6) is -0.883. The van der Waals surface area contributed by atoms with Crippen molar-refractivity contribution >= 4 is 34.8 Å². The van der Waals surface area contributed by atoms with Gasteiger partial charge in [0.25, 0.3) is 5.91 Å². The number of halogens is 3. The minimum absolute atomic E-state index is 0.00936. The maximum absolute atomic E-state index is 13.9. The lowest BCUT2D eigenvalue weighted by molar-refractivity contribution is 0.102. The second-order valence-corrected chi connectivity index (χ2v) is 5.86. The normalized spacial score (nSPS) is 10.7. The van der Waals surface area contributed by atoms with E-state index in [2.05, 4.69) is 10.5 Å². The number of rotatable bonds is 3. The van der Waals surface area contributed by atoms with Crippen LogP contribution in [0.2, 0.25) is 10.0 Å². The number of aryl methyl sites for hydroxylation is 1. The van der Waals surface area contributed by atoms with Crippen LogP contribution in [0.1, 0.15) is 16.1 Å². The molecule has 0 unspecified atom stereocenters. The molecule has 3 aromatic rings. The number of anilines is 1. The van der Waals surface area contributed by atoms with E-state index < -0.39 is 11.7 Å². The van der Waals surface area contributed by atoms with Gasteiger partial charge in [-0.05, 0) is 31.2 Å². The van der Waals surface area contributed by atoms with Gasteiger partial charge >= 0.3 is 0 Å². The molecule has 0 fully saturated rings. The van der Waals surface area contributed by atoms with E-state index >= 15 is 0 Å². The maximum Gasteiger partial charge on any atom is 0.261 e. The summed E-state index contributed by atoms with van der Waals surface area (Å²) in [6.07, 6.45) is 0. The van der Waals surface area contributed by atoms with Crippen molar-refractivity contribution in [3.63, 3.8) is 0 Å². The van der Waals surface area contributed by atoms with Gasteiger partial charge in [0.15, 0.2) is 0 Å². The van der Waals surface area contributed by atoms with Gasteiger partial charge in [-0.3, -0.25) is 4.79 Å². The Bertz CT molecular complexity index is 925. The monoisotopic (exact) mass is 364 g/mol. The van der Waals surface area contributed by atoms with Crippen LogP contribution in [0, 0.1) is 12.7 Å². The van der Waals surface area contributed by atoms with Crippen LogP contribution in [0.5, 0.6) is 0 Å². The van der Waals surface area contributed by atoms with Crippen LogP contribution in [-0.2, 0) is 0 Å². The minimum atomic E-state index is -0.635. The number of hydrogen-bond donors (Lipinski definition) is 1. The number of nitrogens with one attached hydrogen (secondary N) is 1. The highest BCUT2D eigenvalue weighted by Gasteiger charge is 2.23. The van der Waals surface area contributed by atoms with E-state index in [1.807, 2.05) is 0 Å². The number of amides is 1. The smallest absolute Gasteiger partial charge is 0.261 e. The Morgan fingerprint density at radius 1 is 1.21 bits per heavy atom. The summed E-state index contributed by atoms with van der Waals surface area (Å²) < 4.78 is 19.0. The number of hydrogen-bond acceptors (Lipinski definition) is 3. The van der Waals surface area contributed by atoms with E-state index in [1.165, 1.54) is 12.1 Å². The lowest BCUT2D eigenvalue weighted by atomic mass is 10.1. The van der Waals surface area contributed by atoms with Gasteiger partial charge in [-0.15, -0.1) is 0 Å². The van der Waals surface area contributed by atoms with Crippen molar-refractivity contribution in [1.29, 1.82) is 0 Å². The zero-order valence-electron chi connectivity index (χ0n) is 12.4. The molecule has 0 atom stereocenters. The first kappa shape index (κ1) is 16.5. The zero-order chi connectivity index (χ0) is 17.3. The highest BCUT2D eigenvalue weighted by molar-refractivity contribution is 6.33. The average Bonchev–Trinajstić information content (AvgIpc) is 2.92. The molecule has 0 aliphatic rings. The van der Waals surface area contributed by atoms with Gasteiger partial charge in [-0.1, -0.05) is 46.6 Å². The molecule has 0 spiro atoms. The Labute approximate surface area is 147 Å². The van der Waals surface area contributed by atoms with Crippen molar-refractivity contribution in [3.05, 3.63) is 69.7 Å². The van der Waals surface area contributed by atoms with Crippen LogP contribution >= 0.6 is 23.2 Å². The van der Waals surface area contributed by atoms with Crippen molar-refractivity contribution < 1.29 is 13.7 Å². The van der Waals surface area contributed by atoms with Gasteiger partial charge in [0.2, 0.25) is 0 Å². The molecular formula is C17H11Cl2FN2O2. The Balaban J connectivity index is 1.99. The predicted octanol–water partition coefficient (Wildman–Crippen LogP) is 5.35. The molecule has 0 radical (unpaired) electrons. The SMILES string of the molecule is Cc1onc(-c2ccccc2Cl)c1C(=O)Nc1ccc(Cl)cc1F. The van der Waals surface area contributed by atoms with E-state index in [-0.39, 0.29) is 16.3 Å². The van der Waals surface area contributed by atoms with Crippen LogP contribution in [0.15, 0.2) is 47.0 Å². The molecule has 122 valence electrons. The number of carbonyl (C=O) groups is 1. The molecule has 3 rings (SSSR count). The van der Waals surface area contributed by atoms with Gasteiger partial charge < -0.3 is 9.84 Å². The van der Waals surface area contributed by atoms with Crippen LogP contribution in [0.3, 0.4) is 0 Å². The quantitative estimate of drug-likeness (QED) is 0.681. The van der Waals surface area contributed by atoms with E-state index in [0.29, 0.717) is 22.0 Å². The van der Waals surface area contributed by atoms with Gasteiger partial charge in [0.05, 0.1) is 10.7 Å². The van der Waals surface area contributed by atoms with E-state index in [1.54, 1.807) is 31.2 Å². The fourth-order valence-corrected chi connectivity index (χ4v) is 2.64. The summed E-state index contributed by atoms with van der Waals surface area (Å²) in [6.45, 7) is 1.60. The molecule has 1 heterocycles. The average molecular weight is 365 g/mol. The minimum Gasteiger partial charge on any atom is -0.360 e. The van der Waals surface area contributed by atoms with Gasteiger partial charge in [0, 0.05) is 10.6 Å². The number of nitrogens with zero attached hydrogens (tertiary/aromatic N) is 1. The first-order chi connectivity index (χ1) is 11.5. The zero-order valence-corrected chi connectivity index (χ0v) is 14.0. The van der Waals surface area contributed by atoms with Gasteiger partial charge in [-0.2, -0.15) is 0 Å². The fraction of sp³-hybridized carbons (Fsp3) is 0.0588. The lowest BCUT2D eigenvalue weighted by Crippen LogP contribution is -2.14. The molecular weight excluding hydrogens is 354 g/mol. The van der Waals surface area contributed by atoms with Crippen molar-refractivity contribution in [3.8, 4) is 11.3 Å². The van der Waals surface area contributed by atoms with Crippen LogP contribution < -0.4 is 5.32 Å². The molecule has 0 bridgehead atoms. The Morgan fingerprint density at radius 3 is 2.67 bits per heavy atom. The highest BCUT2D eigenvalue weighted by Crippen LogP contribution is 2.31. The van der Waals surface area contributed by atoms with E-state index in [9.17, 15) is 9.18 Å². The summed E-state index contributed by atoms with van der Waals surface area (Å²) in [5, 5.41) is 7.07. The highest BCUT2D eigenvalue weighted by atomic mass is 35.5. The Morgan fingerprint density at radius 2 is 1.96 bits per heavy atom. The second kappa shape index (κ2) is 6.63. The molecule has 4 nitrogen and oxygen atoms in total. The van der Waals surface area contributed by atoms with Gasteiger partial charge in [0.1, 0.15) is 22.8 Å². The van der Waals surface area contributed by atoms with Crippen LogP contribution in [-0.4, -0.2) is 11.1 Å². The number of carbonyl (C=O) groups excluding carboxylic acids is 1. The largest absolute Gasteiger partial charge is 0.360 e. The third-order valence-corrected chi connectivity index (χ3v) is 3.96. The lowest BCUT2D eigenvalue weighted by Gasteiger charge is -2.08. The molecule has 1 aromatic heterocycles. The molecule has 2 aromatic carbocycles. The van der Waals surface area contributed by atoms with Crippen molar-refractivity contribution in [2.24, 2.45) is 0 Å². The van der Waals surface area contributed by atoms with E-state index in [0.717, 1.165) is 6.07 Å². The topological polar surface area (TPSA) is 55.1 Å². The van der Waals surface area contributed by atoms with Crippen molar-refractivity contribution in [2.75, 3.05) is 5.32 Å². The third kappa shape index (κ3) is 3.13. The molecule has 0 saturated carbocycles. The fourth-order valence-electron chi connectivity index (χ4n) is 2.25.